The van der Waals surface area contributed by atoms with Crippen LogP contribution in [0.4, 0.5) is 11.4 Å². The maximum atomic E-state index is 12.1. The first-order valence-corrected chi connectivity index (χ1v) is 8.88. The molecule has 4 heteroatoms. The Labute approximate surface area is 138 Å². The third-order valence-electron chi connectivity index (χ3n) is 5.16. The van der Waals surface area contributed by atoms with Crippen LogP contribution in [0.25, 0.3) is 0 Å². The fraction of sp³-hybridized carbons (Fsp3) is 0.526. The van der Waals surface area contributed by atoms with Gasteiger partial charge in [-0.25, -0.2) is 0 Å². The van der Waals surface area contributed by atoms with Crippen LogP contribution in [-0.4, -0.2) is 31.6 Å². The predicted molar refractivity (Wildman–Crippen MR) is 93.6 cm³/mol. The van der Waals surface area contributed by atoms with Crippen LogP contribution in [0.5, 0.6) is 0 Å². The molecule has 0 bridgehead atoms. The topological polar surface area (TPSA) is 35.6 Å². The summed E-state index contributed by atoms with van der Waals surface area (Å²) in [4.78, 5) is 16.8. The number of hydrogen-bond acceptors (Lipinski definition) is 3. The third kappa shape index (κ3) is 3.36. The first kappa shape index (κ1) is 14.6. The van der Waals surface area contributed by atoms with Gasteiger partial charge in [0.05, 0.1) is 0 Å². The number of nitrogens with zero attached hydrogens (tertiary/aromatic N) is 2. The summed E-state index contributed by atoms with van der Waals surface area (Å²) in [7, 11) is 0. The molecule has 0 unspecified atom stereocenters. The normalized spacial score (nSPS) is 21.7. The van der Waals surface area contributed by atoms with Gasteiger partial charge in [-0.1, -0.05) is 6.08 Å². The van der Waals surface area contributed by atoms with Crippen molar-refractivity contribution in [2.45, 2.75) is 38.1 Å². The second-order valence-electron chi connectivity index (χ2n) is 6.93. The van der Waals surface area contributed by atoms with Crippen molar-refractivity contribution in [1.29, 1.82) is 0 Å². The van der Waals surface area contributed by atoms with E-state index in [9.17, 15) is 4.79 Å². The highest BCUT2D eigenvalue weighted by Crippen LogP contribution is 2.27. The molecule has 0 radical (unpaired) electrons. The van der Waals surface area contributed by atoms with Crippen molar-refractivity contribution in [3.8, 4) is 0 Å². The van der Waals surface area contributed by atoms with E-state index in [-0.39, 0.29) is 11.8 Å². The monoisotopic (exact) mass is 311 g/mol. The van der Waals surface area contributed by atoms with E-state index in [1.165, 1.54) is 24.2 Å². The second kappa shape index (κ2) is 6.26. The number of anilines is 2. The molecule has 4 rings (SSSR count). The van der Waals surface area contributed by atoms with E-state index in [0.717, 1.165) is 38.9 Å². The summed E-state index contributed by atoms with van der Waals surface area (Å²) in [6.07, 6.45) is 9.79. The van der Waals surface area contributed by atoms with E-state index in [1.807, 2.05) is 0 Å². The largest absolute Gasteiger partial charge is 0.371 e. The molecule has 1 aliphatic carbocycles. The van der Waals surface area contributed by atoms with Crippen LogP contribution < -0.4 is 15.1 Å². The van der Waals surface area contributed by atoms with Gasteiger partial charge in [-0.15, -0.1) is 0 Å². The van der Waals surface area contributed by atoms with Crippen molar-refractivity contribution in [1.82, 2.24) is 5.32 Å². The summed E-state index contributed by atoms with van der Waals surface area (Å²) < 4.78 is 0. The van der Waals surface area contributed by atoms with Crippen molar-refractivity contribution in [2.75, 3.05) is 29.4 Å². The van der Waals surface area contributed by atoms with Crippen LogP contribution in [0.2, 0.25) is 0 Å². The summed E-state index contributed by atoms with van der Waals surface area (Å²) in [5, 5.41) is 3.15. The first-order chi connectivity index (χ1) is 11.3. The summed E-state index contributed by atoms with van der Waals surface area (Å²) in [5.41, 5.74) is 2.54. The fourth-order valence-corrected chi connectivity index (χ4v) is 3.51. The maximum Gasteiger partial charge on any atom is 0.223 e. The molecule has 1 saturated heterocycles. The number of carbonyl (C=O) groups is 1. The molecule has 1 aromatic carbocycles. The summed E-state index contributed by atoms with van der Waals surface area (Å²) in [6, 6.07) is 9.32. The summed E-state index contributed by atoms with van der Waals surface area (Å²) in [5.74, 6) is 0.490. The lowest BCUT2D eigenvalue weighted by molar-refractivity contribution is -0.125. The molecule has 2 heterocycles. The number of rotatable bonds is 4. The molecule has 1 amide bonds. The SMILES string of the molecule is O=C(NC1CC1)C1CCN(c2ccc(N3C=CCC3)cc2)CC1. The van der Waals surface area contributed by atoms with Gasteiger partial charge in [0.1, 0.15) is 0 Å². The highest BCUT2D eigenvalue weighted by atomic mass is 16.2. The molecule has 23 heavy (non-hydrogen) atoms. The van der Waals surface area contributed by atoms with Crippen molar-refractivity contribution < 1.29 is 4.79 Å². The minimum Gasteiger partial charge on any atom is -0.371 e. The standard InChI is InChI=1S/C19H25N3O/c23-19(20-16-3-4-16)15-9-13-22(14-10-15)18-7-5-17(6-8-18)21-11-1-2-12-21/h1,5-8,11,15-16H,2-4,9-10,12-14H2,(H,20,23). The van der Waals surface area contributed by atoms with E-state index in [0.29, 0.717) is 6.04 Å². The van der Waals surface area contributed by atoms with Gasteiger partial charge in [0.15, 0.2) is 0 Å². The van der Waals surface area contributed by atoms with Crippen LogP contribution >= 0.6 is 0 Å². The zero-order chi connectivity index (χ0) is 15.6. The molecule has 2 aliphatic heterocycles. The lowest BCUT2D eigenvalue weighted by atomic mass is 9.95. The Hall–Kier alpha value is -1.97. The molecule has 0 atom stereocenters. The smallest absolute Gasteiger partial charge is 0.223 e. The quantitative estimate of drug-likeness (QED) is 0.929. The van der Waals surface area contributed by atoms with E-state index < -0.39 is 0 Å². The van der Waals surface area contributed by atoms with Crippen molar-refractivity contribution in [3.63, 3.8) is 0 Å². The van der Waals surface area contributed by atoms with Gasteiger partial charge in [0.2, 0.25) is 5.91 Å². The third-order valence-corrected chi connectivity index (χ3v) is 5.16. The minimum absolute atomic E-state index is 0.209. The molecule has 3 aliphatic rings. The van der Waals surface area contributed by atoms with Gasteiger partial charge < -0.3 is 15.1 Å². The highest BCUT2D eigenvalue weighted by Gasteiger charge is 2.29. The molecule has 0 spiro atoms. The highest BCUT2D eigenvalue weighted by molar-refractivity contribution is 5.79. The van der Waals surface area contributed by atoms with Gasteiger partial charge in [-0.2, -0.15) is 0 Å². The fourth-order valence-electron chi connectivity index (χ4n) is 3.51. The average Bonchev–Trinajstić information content (AvgIpc) is 3.24. The molecular weight excluding hydrogens is 286 g/mol. The Morgan fingerprint density at radius 1 is 0.957 bits per heavy atom. The van der Waals surface area contributed by atoms with Gasteiger partial charge in [0, 0.05) is 49.2 Å². The Bertz CT molecular complexity index is 583. The van der Waals surface area contributed by atoms with Crippen molar-refractivity contribution >= 4 is 17.3 Å². The van der Waals surface area contributed by atoms with Crippen LogP contribution in [-0.2, 0) is 4.79 Å². The van der Waals surface area contributed by atoms with Crippen molar-refractivity contribution in [3.05, 3.63) is 36.5 Å². The average molecular weight is 311 g/mol. The molecule has 1 saturated carbocycles. The number of nitrogens with one attached hydrogen (secondary N) is 1. The van der Waals surface area contributed by atoms with Gasteiger partial charge in [-0.3, -0.25) is 4.79 Å². The summed E-state index contributed by atoms with van der Waals surface area (Å²) >= 11 is 0. The zero-order valence-corrected chi connectivity index (χ0v) is 13.6. The minimum atomic E-state index is 0.209. The van der Waals surface area contributed by atoms with E-state index in [2.05, 4.69) is 51.7 Å². The molecule has 1 aromatic rings. The molecule has 0 aromatic heterocycles. The summed E-state index contributed by atoms with van der Waals surface area (Å²) in [6.45, 7) is 3.04. The lowest BCUT2D eigenvalue weighted by Crippen LogP contribution is -2.41. The zero-order valence-electron chi connectivity index (χ0n) is 13.6. The first-order valence-electron chi connectivity index (χ1n) is 8.88. The lowest BCUT2D eigenvalue weighted by Gasteiger charge is -2.33. The molecule has 122 valence electrons. The Kier molecular flexibility index (Phi) is 3.98. The van der Waals surface area contributed by atoms with E-state index >= 15 is 0 Å². The van der Waals surface area contributed by atoms with Gasteiger partial charge in [0.25, 0.3) is 0 Å². The maximum absolute atomic E-state index is 12.1. The number of amides is 1. The van der Waals surface area contributed by atoms with E-state index in [1.54, 1.807) is 0 Å². The number of piperidine rings is 1. The van der Waals surface area contributed by atoms with Crippen LogP contribution in [0, 0.1) is 5.92 Å². The molecule has 4 nitrogen and oxygen atoms in total. The van der Waals surface area contributed by atoms with Crippen LogP contribution in [0.15, 0.2) is 36.5 Å². The van der Waals surface area contributed by atoms with Crippen molar-refractivity contribution in [2.24, 2.45) is 5.92 Å². The Morgan fingerprint density at radius 3 is 2.26 bits per heavy atom. The number of benzene rings is 1. The van der Waals surface area contributed by atoms with Gasteiger partial charge >= 0.3 is 0 Å². The number of carbonyl (C=O) groups excluding carboxylic acids is 1. The Balaban J connectivity index is 1.32. The molecular formula is C19H25N3O. The number of hydrogen-bond donors (Lipinski definition) is 1. The van der Waals surface area contributed by atoms with E-state index in [4.69, 9.17) is 0 Å². The second-order valence-corrected chi connectivity index (χ2v) is 6.93. The van der Waals surface area contributed by atoms with Gasteiger partial charge in [-0.05, 0) is 56.4 Å². The van der Waals surface area contributed by atoms with Crippen LogP contribution in [0.3, 0.4) is 0 Å². The predicted octanol–water partition coefficient (Wildman–Crippen LogP) is 2.91. The Morgan fingerprint density at radius 2 is 1.65 bits per heavy atom. The molecule has 1 N–H and O–H groups in total. The molecule has 2 fully saturated rings. The van der Waals surface area contributed by atoms with Crippen LogP contribution in [0.1, 0.15) is 32.1 Å².